The molecule has 2 atom stereocenters. The maximum absolute atomic E-state index is 11.7. The Morgan fingerprint density at radius 1 is 0.971 bits per heavy atom. The van der Waals surface area contributed by atoms with Crippen molar-refractivity contribution >= 4 is 17.6 Å². The predicted octanol–water partition coefficient (Wildman–Crippen LogP) is 3.66. The van der Waals surface area contributed by atoms with Crippen LogP contribution >= 0.6 is 0 Å². The van der Waals surface area contributed by atoms with Crippen molar-refractivity contribution in [1.82, 2.24) is 5.32 Å². The molecule has 35 heavy (non-hydrogen) atoms. The van der Waals surface area contributed by atoms with Crippen molar-refractivity contribution in [2.75, 3.05) is 31.1 Å². The summed E-state index contributed by atoms with van der Waals surface area (Å²) in [6, 6.07) is 18.7. The number of ether oxygens (including phenoxy) is 3. The highest BCUT2D eigenvalue weighted by molar-refractivity contribution is 6.31. The van der Waals surface area contributed by atoms with Gasteiger partial charge in [-0.3, -0.25) is 4.90 Å². The van der Waals surface area contributed by atoms with Gasteiger partial charge < -0.3 is 19.5 Å². The predicted molar refractivity (Wildman–Crippen MR) is 131 cm³/mol. The Labute approximate surface area is 206 Å². The Balaban J connectivity index is 1.14. The van der Waals surface area contributed by atoms with Crippen LogP contribution in [0.15, 0.2) is 54.6 Å². The van der Waals surface area contributed by atoms with Gasteiger partial charge >= 0.3 is 17.8 Å². The summed E-state index contributed by atoms with van der Waals surface area (Å²) in [4.78, 5) is 25.3. The minimum absolute atomic E-state index is 0.249. The fraction of sp³-hybridized carbons (Fsp3) is 0.500. The summed E-state index contributed by atoms with van der Waals surface area (Å²) >= 11 is 0. The zero-order valence-electron chi connectivity index (χ0n) is 20.5. The lowest BCUT2D eigenvalue weighted by atomic mass is 9.52. The van der Waals surface area contributed by atoms with Gasteiger partial charge in [0, 0.05) is 25.4 Å². The molecule has 1 spiro atoms. The lowest BCUT2D eigenvalue weighted by Crippen LogP contribution is -2.62. The maximum Gasteiger partial charge on any atom is 0.422 e. The minimum Gasteiger partial charge on any atom is -0.394 e. The quantitative estimate of drug-likeness (QED) is 0.352. The SMILES string of the molecule is CC1(C)[C@@H](CCOCc2ccccc2)C[C@@H]1Cc1ccc(N2CCNCC23OC(=O)C(=O)O3)cc1. The van der Waals surface area contributed by atoms with E-state index in [0.717, 1.165) is 25.1 Å². The van der Waals surface area contributed by atoms with Gasteiger partial charge in [0.2, 0.25) is 0 Å². The summed E-state index contributed by atoms with van der Waals surface area (Å²) in [6.45, 7) is 7.77. The van der Waals surface area contributed by atoms with Crippen LogP contribution in [0.4, 0.5) is 5.69 Å². The number of benzene rings is 2. The molecule has 3 fully saturated rings. The summed E-state index contributed by atoms with van der Waals surface area (Å²) in [7, 11) is 0. The van der Waals surface area contributed by atoms with E-state index >= 15 is 0 Å². The number of hydrogen-bond acceptors (Lipinski definition) is 7. The topological polar surface area (TPSA) is 77.1 Å². The largest absolute Gasteiger partial charge is 0.422 e. The molecular formula is C28H34N2O5. The van der Waals surface area contributed by atoms with E-state index in [0.29, 0.717) is 31.5 Å². The van der Waals surface area contributed by atoms with Crippen molar-refractivity contribution in [3.05, 3.63) is 65.7 Å². The molecule has 1 N–H and O–H groups in total. The zero-order valence-corrected chi connectivity index (χ0v) is 20.5. The van der Waals surface area contributed by atoms with Crippen LogP contribution in [0.25, 0.3) is 0 Å². The molecule has 0 bridgehead atoms. The van der Waals surface area contributed by atoms with Crippen LogP contribution in [0.1, 0.15) is 37.8 Å². The van der Waals surface area contributed by atoms with Crippen molar-refractivity contribution in [3.8, 4) is 0 Å². The summed E-state index contributed by atoms with van der Waals surface area (Å²) in [5, 5.41) is 3.15. The third-order valence-electron chi connectivity index (χ3n) is 8.07. The van der Waals surface area contributed by atoms with E-state index in [1.54, 1.807) is 0 Å². The van der Waals surface area contributed by atoms with Gasteiger partial charge in [0.05, 0.1) is 13.2 Å². The van der Waals surface area contributed by atoms with Crippen LogP contribution in [0.2, 0.25) is 0 Å². The Morgan fingerprint density at radius 2 is 1.69 bits per heavy atom. The molecule has 1 aliphatic carbocycles. The normalized spacial score (nSPS) is 24.7. The van der Waals surface area contributed by atoms with Crippen molar-refractivity contribution in [2.45, 2.75) is 45.6 Å². The molecule has 2 saturated heterocycles. The van der Waals surface area contributed by atoms with Gasteiger partial charge in [0.1, 0.15) is 0 Å². The molecule has 0 aromatic heterocycles. The van der Waals surface area contributed by atoms with Crippen LogP contribution in [0.5, 0.6) is 0 Å². The Hall–Kier alpha value is -2.90. The van der Waals surface area contributed by atoms with Gasteiger partial charge in [-0.15, -0.1) is 0 Å². The van der Waals surface area contributed by atoms with Crippen molar-refractivity contribution in [1.29, 1.82) is 0 Å². The summed E-state index contributed by atoms with van der Waals surface area (Å²) in [6.07, 6.45) is 3.35. The van der Waals surface area contributed by atoms with Gasteiger partial charge in [0.25, 0.3) is 0 Å². The number of anilines is 1. The fourth-order valence-electron chi connectivity index (χ4n) is 5.65. The molecule has 0 radical (unpaired) electrons. The first-order chi connectivity index (χ1) is 16.9. The fourth-order valence-corrected chi connectivity index (χ4v) is 5.65. The number of hydrogen-bond donors (Lipinski definition) is 1. The average molecular weight is 479 g/mol. The molecule has 2 aliphatic heterocycles. The Kier molecular flexibility index (Phi) is 6.55. The molecule has 5 rings (SSSR count). The number of carbonyl (C=O) groups is 2. The molecule has 0 unspecified atom stereocenters. The minimum atomic E-state index is -1.39. The van der Waals surface area contributed by atoms with E-state index in [1.807, 2.05) is 35.2 Å². The number of rotatable bonds is 8. The Bertz CT molecular complexity index is 1040. The van der Waals surface area contributed by atoms with E-state index in [-0.39, 0.29) is 12.0 Å². The molecule has 186 valence electrons. The van der Waals surface area contributed by atoms with Crippen molar-refractivity contribution in [2.24, 2.45) is 17.3 Å². The highest BCUT2D eigenvalue weighted by atomic mass is 16.8. The molecular weight excluding hydrogens is 444 g/mol. The molecule has 0 amide bonds. The van der Waals surface area contributed by atoms with E-state index in [4.69, 9.17) is 14.2 Å². The van der Waals surface area contributed by atoms with Crippen LogP contribution in [0, 0.1) is 17.3 Å². The van der Waals surface area contributed by atoms with E-state index in [1.165, 1.54) is 17.5 Å². The first-order valence-corrected chi connectivity index (χ1v) is 12.5. The molecule has 3 aliphatic rings. The second-order valence-electron chi connectivity index (χ2n) is 10.5. The van der Waals surface area contributed by atoms with Crippen LogP contribution in [-0.4, -0.2) is 44.1 Å². The first kappa shape index (κ1) is 23.8. The number of nitrogens with one attached hydrogen (secondary N) is 1. The molecule has 2 aromatic rings. The monoisotopic (exact) mass is 478 g/mol. The Morgan fingerprint density at radius 3 is 2.37 bits per heavy atom. The third kappa shape index (κ3) is 4.80. The number of esters is 2. The van der Waals surface area contributed by atoms with Gasteiger partial charge in [-0.25, -0.2) is 9.59 Å². The van der Waals surface area contributed by atoms with Crippen molar-refractivity contribution in [3.63, 3.8) is 0 Å². The van der Waals surface area contributed by atoms with E-state index in [9.17, 15) is 9.59 Å². The summed E-state index contributed by atoms with van der Waals surface area (Å²) < 4.78 is 16.6. The first-order valence-electron chi connectivity index (χ1n) is 12.5. The standard InChI is InChI=1S/C28H34N2O5/c1-27(2)22(12-15-33-18-21-6-4-3-5-7-21)17-23(27)16-20-8-10-24(11-9-20)30-14-13-29-19-28(30)34-25(31)26(32)35-28/h3-11,22-23,29H,12-19H2,1-2H3/t22-,23-/m0/s1. The number of carbonyl (C=O) groups excluding carboxylic acids is 2. The second-order valence-corrected chi connectivity index (χ2v) is 10.5. The van der Waals surface area contributed by atoms with Crippen LogP contribution in [-0.2, 0) is 36.8 Å². The second kappa shape index (κ2) is 9.63. The van der Waals surface area contributed by atoms with Crippen molar-refractivity contribution < 1.29 is 23.8 Å². The smallest absolute Gasteiger partial charge is 0.394 e. The highest BCUT2D eigenvalue weighted by Gasteiger charge is 2.54. The average Bonchev–Trinajstić information content (AvgIpc) is 3.14. The molecule has 1 saturated carbocycles. The molecule has 2 heterocycles. The number of nitrogens with zero attached hydrogens (tertiary/aromatic N) is 1. The lowest BCUT2D eigenvalue weighted by molar-refractivity contribution is -0.180. The maximum atomic E-state index is 11.7. The van der Waals surface area contributed by atoms with Gasteiger partial charge in [-0.2, -0.15) is 0 Å². The summed E-state index contributed by atoms with van der Waals surface area (Å²) in [5.41, 5.74) is 3.66. The molecule has 7 nitrogen and oxygen atoms in total. The van der Waals surface area contributed by atoms with E-state index < -0.39 is 17.8 Å². The van der Waals surface area contributed by atoms with Gasteiger partial charge in [-0.05, 0) is 59.8 Å². The van der Waals surface area contributed by atoms with E-state index in [2.05, 4.69) is 43.4 Å². The summed E-state index contributed by atoms with van der Waals surface area (Å²) in [5.74, 6) is -1.96. The van der Waals surface area contributed by atoms with Crippen LogP contribution < -0.4 is 10.2 Å². The third-order valence-corrected chi connectivity index (χ3v) is 8.07. The number of piperazine rings is 1. The van der Waals surface area contributed by atoms with Crippen LogP contribution in [0.3, 0.4) is 0 Å². The zero-order chi connectivity index (χ0) is 24.5. The lowest BCUT2D eigenvalue weighted by Gasteiger charge is -2.53. The highest BCUT2D eigenvalue weighted by Crippen LogP contribution is 2.54. The van der Waals surface area contributed by atoms with Gasteiger partial charge in [0.15, 0.2) is 0 Å². The molecule has 2 aromatic carbocycles. The van der Waals surface area contributed by atoms with Gasteiger partial charge in [-0.1, -0.05) is 56.3 Å². The molecule has 7 heteroatoms.